The van der Waals surface area contributed by atoms with Crippen LogP contribution in [0.5, 0.6) is 5.75 Å². The minimum Gasteiger partial charge on any atom is -0.508 e. The van der Waals surface area contributed by atoms with Gasteiger partial charge in [-0.2, -0.15) is 0 Å². The van der Waals surface area contributed by atoms with Crippen LogP contribution in [0.4, 0.5) is 5.69 Å². The van der Waals surface area contributed by atoms with Crippen molar-refractivity contribution >= 4 is 11.7 Å². The van der Waals surface area contributed by atoms with Gasteiger partial charge in [-0.3, -0.25) is 10.1 Å². The number of nitro benzene ring substituents is 1. The molecule has 0 radical (unpaired) electrons. The van der Waals surface area contributed by atoms with E-state index in [9.17, 15) is 14.9 Å². The lowest BCUT2D eigenvalue weighted by atomic mass is 10.1. The summed E-state index contributed by atoms with van der Waals surface area (Å²) in [5, 5.41) is 28.2. The second kappa shape index (κ2) is 3.33. The van der Waals surface area contributed by atoms with Gasteiger partial charge in [-0.15, -0.1) is 0 Å². The third kappa shape index (κ3) is 1.63. The van der Waals surface area contributed by atoms with E-state index in [4.69, 9.17) is 10.2 Å². The lowest BCUT2D eigenvalue weighted by Crippen LogP contribution is -2.02. The minimum atomic E-state index is -1.30. The number of rotatable bonds is 2. The monoisotopic (exact) mass is 197 g/mol. The Labute approximate surface area is 78.6 Å². The molecule has 0 aliphatic rings. The Kier molecular flexibility index (Phi) is 2.37. The second-order valence-corrected chi connectivity index (χ2v) is 2.70. The molecular formula is C8H7NO5. The van der Waals surface area contributed by atoms with Crippen LogP contribution in [0, 0.1) is 17.0 Å². The maximum absolute atomic E-state index is 10.6. The van der Waals surface area contributed by atoms with Crippen LogP contribution in [0.3, 0.4) is 0 Å². The summed E-state index contributed by atoms with van der Waals surface area (Å²) < 4.78 is 0. The van der Waals surface area contributed by atoms with Gasteiger partial charge in [-0.25, -0.2) is 4.79 Å². The zero-order chi connectivity index (χ0) is 10.9. The number of nitro groups is 1. The summed E-state index contributed by atoms with van der Waals surface area (Å²) in [6, 6.07) is 1.90. The van der Waals surface area contributed by atoms with Gasteiger partial charge in [-0.05, 0) is 13.0 Å². The number of phenols is 1. The first-order chi connectivity index (χ1) is 6.43. The van der Waals surface area contributed by atoms with Crippen molar-refractivity contribution in [2.45, 2.75) is 6.92 Å². The van der Waals surface area contributed by atoms with E-state index in [1.165, 1.54) is 6.92 Å². The summed E-state index contributed by atoms with van der Waals surface area (Å²) in [5.41, 5.74) is -0.639. The van der Waals surface area contributed by atoms with E-state index in [0.717, 1.165) is 12.1 Å². The summed E-state index contributed by atoms with van der Waals surface area (Å²) in [7, 11) is 0. The fourth-order valence-electron chi connectivity index (χ4n) is 1.10. The van der Waals surface area contributed by atoms with Crippen LogP contribution in [0.25, 0.3) is 0 Å². The predicted octanol–water partition coefficient (Wildman–Crippen LogP) is 1.31. The molecular weight excluding hydrogens is 190 g/mol. The summed E-state index contributed by atoms with van der Waals surface area (Å²) in [6.07, 6.45) is 0. The highest BCUT2D eigenvalue weighted by atomic mass is 16.6. The third-order valence-electron chi connectivity index (χ3n) is 1.79. The Morgan fingerprint density at radius 2 is 2.07 bits per heavy atom. The Morgan fingerprint density at radius 3 is 2.50 bits per heavy atom. The predicted molar refractivity (Wildman–Crippen MR) is 46.5 cm³/mol. The van der Waals surface area contributed by atoms with Crippen molar-refractivity contribution in [3.05, 3.63) is 33.4 Å². The highest BCUT2D eigenvalue weighted by Gasteiger charge is 2.19. The molecule has 14 heavy (non-hydrogen) atoms. The molecule has 0 saturated heterocycles. The lowest BCUT2D eigenvalue weighted by Gasteiger charge is -2.02. The van der Waals surface area contributed by atoms with Crippen molar-refractivity contribution in [3.8, 4) is 5.75 Å². The fraction of sp³-hybridized carbons (Fsp3) is 0.125. The molecule has 0 fully saturated rings. The molecule has 0 unspecified atom stereocenters. The molecule has 0 amide bonds. The number of aromatic hydroxyl groups is 1. The first kappa shape index (κ1) is 9.97. The van der Waals surface area contributed by atoms with Gasteiger partial charge in [0.25, 0.3) is 5.69 Å². The van der Waals surface area contributed by atoms with Crippen molar-refractivity contribution in [1.29, 1.82) is 0 Å². The number of carboxylic acids is 1. The van der Waals surface area contributed by atoms with Crippen LogP contribution in [0.15, 0.2) is 12.1 Å². The quantitative estimate of drug-likeness (QED) is 0.549. The SMILES string of the molecule is Cc1c(C(=O)O)cc(O)cc1[N+](=O)[O-]. The fourth-order valence-corrected chi connectivity index (χ4v) is 1.10. The molecule has 2 N–H and O–H groups in total. The zero-order valence-corrected chi connectivity index (χ0v) is 7.22. The Bertz CT molecular complexity index is 377. The van der Waals surface area contributed by atoms with Crippen molar-refractivity contribution < 1.29 is 19.9 Å². The zero-order valence-electron chi connectivity index (χ0n) is 7.22. The number of aromatic carboxylic acids is 1. The Hall–Kier alpha value is -2.11. The average molecular weight is 197 g/mol. The van der Waals surface area contributed by atoms with Crippen LogP contribution in [0.1, 0.15) is 15.9 Å². The standard InChI is InChI=1S/C8H7NO5/c1-4-6(8(11)12)2-5(10)3-7(4)9(13)14/h2-3,10H,1H3,(H,11,12). The molecule has 0 aliphatic carbocycles. The number of carboxylic acid groups (broad SMARTS) is 1. The number of hydrogen-bond donors (Lipinski definition) is 2. The van der Waals surface area contributed by atoms with Gasteiger partial charge in [0, 0.05) is 5.56 Å². The number of hydrogen-bond acceptors (Lipinski definition) is 4. The Morgan fingerprint density at radius 1 is 1.50 bits per heavy atom. The maximum Gasteiger partial charge on any atom is 0.336 e. The van der Waals surface area contributed by atoms with E-state index in [1.54, 1.807) is 0 Å². The van der Waals surface area contributed by atoms with E-state index >= 15 is 0 Å². The van der Waals surface area contributed by atoms with Crippen LogP contribution < -0.4 is 0 Å². The molecule has 0 heterocycles. The van der Waals surface area contributed by atoms with Crippen LogP contribution in [0.2, 0.25) is 0 Å². The van der Waals surface area contributed by atoms with Crippen molar-refractivity contribution in [3.63, 3.8) is 0 Å². The molecule has 0 aliphatic heterocycles. The van der Waals surface area contributed by atoms with E-state index in [2.05, 4.69) is 0 Å². The summed E-state index contributed by atoms with van der Waals surface area (Å²) in [6.45, 7) is 1.32. The third-order valence-corrected chi connectivity index (χ3v) is 1.79. The van der Waals surface area contributed by atoms with Gasteiger partial charge >= 0.3 is 5.97 Å². The van der Waals surface area contributed by atoms with E-state index < -0.39 is 22.3 Å². The lowest BCUT2D eigenvalue weighted by molar-refractivity contribution is -0.385. The van der Waals surface area contributed by atoms with Gasteiger partial charge in [0.2, 0.25) is 0 Å². The summed E-state index contributed by atoms with van der Waals surface area (Å²) in [5.74, 6) is -1.73. The first-order valence-corrected chi connectivity index (χ1v) is 3.64. The van der Waals surface area contributed by atoms with Crippen LogP contribution in [-0.4, -0.2) is 21.1 Å². The van der Waals surface area contributed by atoms with Crippen molar-refractivity contribution in [2.24, 2.45) is 0 Å². The maximum atomic E-state index is 10.6. The number of phenolic OH excluding ortho intramolecular Hbond substituents is 1. The van der Waals surface area contributed by atoms with Crippen molar-refractivity contribution in [1.82, 2.24) is 0 Å². The highest BCUT2D eigenvalue weighted by Crippen LogP contribution is 2.27. The second-order valence-electron chi connectivity index (χ2n) is 2.70. The molecule has 6 heteroatoms. The largest absolute Gasteiger partial charge is 0.508 e. The van der Waals surface area contributed by atoms with Gasteiger partial charge in [-0.1, -0.05) is 0 Å². The Balaban J connectivity index is 3.47. The molecule has 0 aromatic heterocycles. The van der Waals surface area contributed by atoms with Gasteiger partial charge < -0.3 is 10.2 Å². The van der Waals surface area contributed by atoms with E-state index in [-0.39, 0.29) is 11.1 Å². The van der Waals surface area contributed by atoms with Crippen LogP contribution >= 0.6 is 0 Å². The first-order valence-electron chi connectivity index (χ1n) is 3.64. The van der Waals surface area contributed by atoms with E-state index in [1.807, 2.05) is 0 Å². The topological polar surface area (TPSA) is 101 Å². The average Bonchev–Trinajstić information content (AvgIpc) is 2.07. The molecule has 0 atom stereocenters. The normalized spacial score (nSPS) is 9.79. The molecule has 0 bridgehead atoms. The van der Waals surface area contributed by atoms with Gasteiger partial charge in [0.1, 0.15) is 5.75 Å². The number of benzene rings is 1. The smallest absolute Gasteiger partial charge is 0.336 e. The number of nitrogens with zero attached hydrogens (tertiary/aromatic N) is 1. The molecule has 0 spiro atoms. The van der Waals surface area contributed by atoms with Gasteiger partial charge in [0.15, 0.2) is 0 Å². The summed E-state index contributed by atoms with van der Waals surface area (Å²) >= 11 is 0. The van der Waals surface area contributed by atoms with Crippen molar-refractivity contribution in [2.75, 3.05) is 0 Å². The highest BCUT2D eigenvalue weighted by molar-refractivity contribution is 5.91. The van der Waals surface area contributed by atoms with E-state index in [0.29, 0.717) is 0 Å². The van der Waals surface area contributed by atoms with Gasteiger partial charge in [0.05, 0.1) is 16.6 Å². The molecule has 0 saturated carbocycles. The number of carbonyl (C=O) groups is 1. The molecule has 1 aromatic carbocycles. The molecule has 1 rings (SSSR count). The summed E-state index contributed by atoms with van der Waals surface area (Å²) in [4.78, 5) is 20.3. The minimum absolute atomic E-state index is 0.0281. The van der Waals surface area contributed by atoms with Crippen LogP contribution in [-0.2, 0) is 0 Å². The molecule has 6 nitrogen and oxygen atoms in total. The molecule has 1 aromatic rings. The molecule has 74 valence electrons.